The van der Waals surface area contributed by atoms with Crippen LogP contribution in [0.3, 0.4) is 0 Å². The normalized spacial score (nSPS) is 15.8. The van der Waals surface area contributed by atoms with Gasteiger partial charge in [0.05, 0.1) is 12.8 Å². The summed E-state index contributed by atoms with van der Waals surface area (Å²) in [7, 11) is 1.61. The molecule has 0 atom stereocenters. The maximum absolute atomic E-state index is 5.21. The summed E-state index contributed by atoms with van der Waals surface area (Å²) in [5.41, 5.74) is 1.72. The molecule has 24 heavy (non-hydrogen) atoms. The highest BCUT2D eigenvalue weighted by molar-refractivity contribution is 5.43. The lowest BCUT2D eigenvalue weighted by molar-refractivity contribution is 0.386. The van der Waals surface area contributed by atoms with Gasteiger partial charge >= 0.3 is 0 Å². The summed E-state index contributed by atoms with van der Waals surface area (Å²) in [6.07, 6.45) is 5.44. The van der Waals surface area contributed by atoms with Crippen molar-refractivity contribution < 1.29 is 4.74 Å². The molecule has 8 heteroatoms. The minimum absolute atomic E-state index is 0.327. The number of rotatable bonds is 3. The molecule has 0 aromatic carbocycles. The van der Waals surface area contributed by atoms with Crippen molar-refractivity contribution >= 4 is 11.5 Å². The molecule has 1 fully saturated rings. The molecule has 3 aromatic heterocycles. The van der Waals surface area contributed by atoms with Crippen molar-refractivity contribution in [1.82, 2.24) is 29.8 Å². The zero-order valence-corrected chi connectivity index (χ0v) is 13.8. The predicted octanol–water partition coefficient (Wildman–Crippen LogP) is 1.62. The van der Waals surface area contributed by atoms with Crippen molar-refractivity contribution in [3.63, 3.8) is 0 Å². The average molecular weight is 325 g/mol. The molecule has 3 aromatic rings. The molecule has 0 amide bonds. The second-order valence-electron chi connectivity index (χ2n) is 5.93. The van der Waals surface area contributed by atoms with Crippen LogP contribution in [-0.4, -0.2) is 50.0 Å². The Morgan fingerprint density at radius 1 is 1.08 bits per heavy atom. The maximum atomic E-state index is 5.21. The highest BCUT2D eigenvalue weighted by Gasteiger charge is 2.26. The second-order valence-corrected chi connectivity index (χ2v) is 5.93. The maximum Gasteiger partial charge on any atom is 0.231 e. The van der Waals surface area contributed by atoms with E-state index in [-0.39, 0.29) is 0 Å². The Morgan fingerprint density at radius 2 is 1.88 bits per heavy atom. The molecule has 0 bridgehead atoms. The molecular weight excluding hydrogens is 306 g/mol. The first-order chi connectivity index (χ1) is 11.8. The van der Waals surface area contributed by atoms with Gasteiger partial charge in [-0.15, -0.1) is 15.3 Å². The van der Waals surface area contributed by atoms with E-state index in [2.05, 4.69) is 30.2 Å². The van der Waals surface area contributed by atoms with Gasteiger partial charge in [-0.1, -0.05) is 0 Å². The standard InChI is InChI=1S/C16H19N7O/c1-11-15(18-8-7-17-11)22-9-5-12(6-10-22)16-20-19-13-3-4-14(24-2)21-23(13)16/h3-4,7-8,12H,5-6,9-10H2,1-2H3. The first kappa shape index (κ1) is 14.8. The fraction of sp³-hybridized carbons (Fsp3) is 0.438. The summed E-state index contributed by atoms with van der Waals surface area (Å²) in [5, 5.41) is 13.0. The first-order valence-electron chi connectivity index (χ1n) is 8.05. The number of hydrogen-bond donors (Lipinski definition) is 0. The zero-order valence-electron chi connectivity index (χ0n) is 13.8. The molecule has 4 rings (SSSR count). The van der Waals surface area contributed by atoms with Crippen LogP contribution >= 0.6 is 0 Å². The van der Waals surface area contributed by atoms with Crippen LogP contribution in [-0.2, 0) is 0 Å². The monoisotopic (exact) mass is 325 g/mol. The van der Waals surface area contributed by atoms with E-state index in [1.54, 1.807) is 30.1 Å². The van der Waals surface area contributed by atoms with E-state index in [1.807, 2.05) is 13.0 Å². The average Bonchev–Trinajstić information content (AvgIpc) is 3.05. The fourth-order valence-electron chi connectivity index (χ4n) is 3.21. The fourth-order valence-corrected chi connectivity index (χ4v) is 3.21. The van der Waals surface area contributed by atoms with E-state index < -0.39 is 0 Å². The summed E-state index contributed by atoms with van der Waals surface area (Å²) in [6, 6.07) is 3.67. The number of piperidine rings is 1. The SMILES string of the molecule is COc1ccc2nnc(C3CCN(c4nccnc4C)CC3)n2n1. The number of hydrogen-bond acceptors (Lipinski definition) is 7. The number of methoxy groups -OCH3 is 1. The van der Waals surface area contributed by atoms with Crippen LogP contribution in [0.4, 0.5) is 5.82 Å². The molecule has 1 saturated heterocycles. The van der Waals surface area contributed by atoms with E-state index in [9.17, 15) is 0 Å². The van der Waals surface area contributed by atoms with Crippen LogP contribution in [0.15, 0.2) is 24.5 Å². The summed E-state index contributed by atoms with van der Waals surface area (Å²) < 4.78 is 7.01. The number of nitrogens with zero attached hydrogens (tertiary/aromatic N) is 7. The molecule has 0 radical (unpaired) electrons. The van der Waals surface area contributed by atoms with Crippen LogP contribution in [0, 0.1) is 6.92 Å². The highest BCUT2D eigenvalue weighted by atomic mass is 16.5. The van der Waals surface area contributed by atoms with E-state index >= 15 is 0 Å². The molecule has 1 aliphatic heterocycles. The van der Waals surface area contributed by atoms with Gasteiger partial charge in [0.1, 0.15) is 5.82 Å². The van der Waals surface area contributed by atoms with Gasteiger partial charge in [0, 0.05) is 37.5 Å². The van der Waals surface area contributed by atoms with E-state index in [0.717, 1.165) is 48.9 Å². The number of anilines is 1. The topological polar surface area (TPSA) is 81.3 Å². The molecule has 0 N–H and O–H groups in total. The highest BCUT2D eigenvalue weighted by Crippen LogP contribution is 2.29. The van der Waals surface area contributed by atoms with Crippen molar-refractivity contribution in [2.45, 2.75) is 25.7 Å². The number of aromatic nitrogens is 6. The Kier molecular flexibility index (Phi) is 3.72. The lowest BCUT2D eigenvalue weighted by Crippen LogP contribution is -2.34. The Balaban J connectivity index is 1.55. The van der Waals surface area contributed by atoms with Crippen LogP contribution < -0.4 is 9.64 Å². The van der Waals surface area contributed by atoms with Crippen LogP contribution in [0.5, 0.6) is 5.88 Å². The van der Waals surface area contributed by atoms with Gasteiger partial charge < -0.3 is 9.64 Å². The third-order valence-corrected chi connectivity index (χ3v) is 4.49. The quantitative estimate of drug-likeness (QED) is 0.723. The molecule has 4 heterocycles. The minimum Gasteiger partial charge on any atom is -0.480 e. The van der Waals surface area contributed by atoms with Gasteiger partial charge in [0.2, 0.25) is 5.88 Å². The number of fused-ring (bicyclic) bond motifs is 1. The van der Waals surface area contributed by atoms with Crippen LogP contribution in [0.2, 0.25) is 0 Å². The largest absolute Gasteiger partial charge is 0.480 e. The summed E-state index contributed by atoms with van der Waals surface area (Å²) >= 11 is 0. The Hall–Kier alpha value is -2.77. The zero-order chi connectivity index (χ0) is 16.5. The van der Waals surface area contributed by atoms with Crippen molar-refractivity contribution in [2.24, 2.45) is 0 Å². The van der Waals surface area contributed by atoms with Gasteiger partial charge in [0.15, 0.2) is 11.5 Å². The first-order valence-corrected chi connectivity index (χ1v) is 8.05. The molecule has 0 unspecified atom stereocenters. The number of aryl methyl sites for hydroxylation is 1. The van der Waals surface area contributed by atoms with Gasteiger partial charge in [-0.05, 0) is 25.8 Å². The molecule has 0 aliphatic carbocycles. The second kappa shape index (κ2) is 6.03. The predicted molar refractivity (Wildman–Crippen MR) is 88.3 cm³/mol. The van der Waals surface area contributed by atoms with E-state index in [0.29, 0.717) is 11.8 Å². The third-order valence-electron chi connectivity index (χ3n) is 4.49. The van der Waals surface area contributed by atoms with Crippen LogP contribution in [0.1, 0.15) is 30.3 Å². The molecule has 0 saturated carbocycles. The third kappa shape index (κ3) is 2.53. The molecule has 124 valence electrons. The Bertz CT molecular complexity index is 855. The van der Waals surface area contributed by atoms with E-state index in [1.165, 1.54) is 0 Å². The summed E-state index contributed by atoms with van der Waals surface area (Å²) in [6.45, 7) is 3.84. The van der Waals surface area contributed by atoms with Crippen molar-refractivity contribution in [2.75, 3.05) is 25.1 Å². The van der Waals surface area contributed by atoms with Crippen molar-refractivity contribution in [1.29, 1.82) is 0 Å². The Labute approximate surface area is 139 Å². The smallest absolute Gasteiger partial charge is 0.231 e. The lowest BCUT2D eigenvalue weighted by atomic mass is 9.96. The van der Waals surface area contributed by atoms with Gasteiger partial charge in [-0.2, -0.15) is 4.52 Å². The molecule has 8 nitrogen and oxygen atoms in total. The lowest BCUT2D eigenvalue weighted by Gasteiger charge is -2.32. The van der Waals surface area contributed by atoms with E-state index in [4.69, 9.17) is 4.74 Å². The molecule has 0 spiro atoms. The Morgan fingerprint density at radius 3 is 2.62 bits per heavy atom. The van der Waals surface area contributed by atoms with Crippen molar-refractivity contribution in [3.05, 3.63) is 36.0 Å². The summed E-state index contributed by atoms with van der Waals surface area (Å²) in [5.74, 6) is 2.77. The van der Waals surface area contributed by atoms with Crippen LogP contribution in [0.25, 0.3) is 5.65 Å². The summed E-state index contributed by atoms with van der Waals surface area (Å²) in [4.78, 5) is 11.1. The van der Waals surface area contributed by atoms with Gasteiger partial charge in [0.25, 0.3) is 0 Å². The van der Waals surface area contributed by atoms with Gasteiger partial charge in [-0.25, -0.2) is 4.98 Å². The number of ether oxygens (including phenoxy) is 1. The van der Waals surface area contributed by atoms with Gasteiger partial charge in [-0.3, -0.25) is 4.98 Å². The minimum atomic E-state index is 0.327. The molecule has 1 aliphatic rings. The van der Waals surface area contributed by atoms with Crippen molar-refractivity contribution in [3.8, 4) is 5.88 Å². The molecular formula is C16H19N7O.